The number of halogens is 1. The molecule has 1 fully saturated rings. The second-order valence-electron chi connectivity index (χ2n) is 5.59. The number of carbonyl (C=O) groups excluding carboxylic acids is 1. The number of amides is 1. The van der Waals surface area contributed by atoms with Gasteiger partial charge in [0.25, 0.3) is 11.6 Å². The Labute approximate surface area is 129 Å². The van der Waals surface area contributed by atoms with Gasteiger partial charge in [-0.05, 0) is 24.8 Å². The van der Waals surface area contributed by atoms with E-state index < -0.39 is 4.92 Å². The van der Waals surface area contributed by atoms with Crippen molar-refractivity contribution in [3.63, 3.8) is 0 Å². The van der Waals surface area contributed by atoms with Gasteiger partial charge >= 0.3 is 0 Å². The van der Waals surface area contributed by atoms with Crippen molar-refractivity contribution >= 4 is 23.2 Å². The zero-order valence-electron chi connectivity index (χ0n) is 12.0. The quantitative estimate of drug-likeness (QED) is 0.626. The van der Waals surface area contributed by atoms with E-state index in [9.17, 15) is 14.9 Å². The molecule has 0 N–H and O–H groups in total. The van der Waals surface area contributed by atoms with E-state index in [4.69, 9.17) is 11.6 Å². The minimum absolute atomic E-state index is 0.0806. The van der Waals surface area contributed by atoms with Gasteiger partial charge in [0.1, 0.15) is 5.02 Å². The third-order valence-corrected chi connectivity index (χ3v) is 4.41. The molecular formula is C15H19ClN2O3. The molecule has 114 valence electrons. The summed E-state index contributed by atoms with van der Waals surface area (Å²) in [6, 6.07) is 4.33. The molecule has 1 aliphatic carbocycles. The molecule has 1 amide bonds. The summed E-state index contributed by atoms with van der Waals surface area (Å²) in [5.41, 5.74) is -0.0299. The van der Waals surface area contributed by atoms with Gasteiger partial charge in [-0.2, -0.15) is 0 Å². The first-order valence-corrected chi connectivity index (χ1v) is 7.57. The van der Waals surface area contributed by atoms with Gasteiger partial charge in [-0.1, -0.05) is 36.9 Å². The van der Waals surface area contributed by atoms with E-state index in [2.05, 4.69) is 0 Å². The van der Waals surface area contributed by atoms with Crippen molar-refractivity contribution in [2.75, 3.05) is 13.6 Å². The van der Waals surface area contributed by atoms with Gasteiger partial charge in [-0.15, -0.1) is 0 Å². The van der Waals surface area contributed by atoms with E-state index in [1.807, 2.05) is 0 Å². The van der Waals surface area contributed by atoms with Crippen LogP contribution in [0.4, 0.5) is 5.69 Å². The molecule has 1 aromatic rings. The third kappa shape index (κ3) is 3.73. The average molecular weight is 311 g/mol. The minimum atomic E-state index is -0.569. The minimum Gasteiger partial charge on any atom is -0.341 e. The summed E-state index contributed by atoms with van der Waals surface area (Å²) in [5, 5.41) is 10.8. The lowest BCUT2D eigenvalue weighted by atomic mass is 9.89. The highest BCUT2D eigenvalue weighted by atomic mass is 35.5. The molecule has 0 radical (unpaired) electrons. The zero-order chi connectivity index (χ0) is 15.4. The predicted octanol–water partition coefficient (Wildman–Crippen LogP) is 3.90. The molecule has 6 heteroatoms. The number of nitro groups is 1. The normalized spacial score (nSPS) is 15.7. The monoisotopic (exact) mass is 310 g/mol. The van der Waals surface area contributed by atoms with Crippen LogP contribution in [0.25, 0.3) is 0 Å². The SMILES string of the molecule is CN(CC1CCCCC1)C(=O)c1cccc([N+](=O)[O-])c1Cl. The molecule has 1 saturated carbocycles. The van der Waals surface area contributed by atoms with Crippen molar-refractivity contribution in [2.24, 2.45) is 5.92 Å². The van der Waals surface area contributed by atoms with E-state index in [1.165, 1.54) is 37.5 Å². The molecule has 1 aliphatic rings. The number of hydrogen-bond acceptors (Lipinski definition) is 3. The van der Waals surface area contributed by atoms with E-state index in [1.54, 1.807) is 11.9 Å². The average Bonchev–Trinajstić information content (AvgIpc) is 2.47. The first-order chi connectivity index (χ1) is 10.0. The van der Waals surface area contributed by atoms with Crippen molar-refractivity contribution in [3.8, 4) is 0 Å². The summed E-state index contributed by atoms with van der Waals surface area (Å²) < 4.78 is 0. The van der Waals surface area contributed by atoms with Gasteiger partial charge in [0.2, 0.25) is 0 Å². The largest absolute Gasteiger partial charge is 0.341 e. The molecule has 21 heavy (non-hydrogen) atoms. The van der Waals surface area contributed by atoms with Crippen molar-refractivity contribution in [3.05, 3.63) is 38.9 Å². The smallest absolute Gasteiger partial charge is 0.288 e. The highest BCUT2D eigenvalue weighted by Gasteiger charge is 2.24. The number of nitrogens with zero attached hydrogens (tertiary/aromatic N) is 2. The van der Waals surface area contributed by atoms with Crippen molar-refractivity contribution < 1.29 is 9.72 Å². The Balaban J connectivity index is 2.11. The number of rotatable bonds is 4. The third-order valence-electron chi connectivity index (χ3n) is 4.01. The van der Waals surface area contributed by atoms with Gasteiger partial charge in [0.15, 0.2) is 0 Å². The van der Waals surface area contributed by atoms with Crippen LogP contribution in [-0.4, -0.2) is 29.3 Å². The molecule has 0 heterocycles. The number of hydrogen-bond donors (Lipinski definition) is 0. The molecule has 0 unspecified atom stereocenters. The van der Waals surface area contributed by atoms with Gasteiger partial charge in [0.05, 0.1) is 10.5 Å². The molecule has 0 aromatic heterocycles. The van der Waals surface area contributed by atoms with Crippen LogP contribution in [-0.2, 0) is 0 Å². The molecular weight excluding hydrogens is 292 g/mol. The van der Waals surface area contributed by atoms with Crippen LogP contribution in [0, 0.1) is 16.0 Å². The van der Waals surface area contributed by atoms with Gasteiger partial charge in [-0.25, -0.2) is 0 Å². The van der Waals surface area contributed by atoms with E-state index in [-0.39, 0.29) is 22.2 Å². The Bertz CT molecular complexity index is 542. The van der Waals surface area contributed by atoms with Crippen LogP contribution in [0.2, 0.25) is 5.02 Å². The maximum Gasteiger partial charge on any atom is 0.288 e. The van der Waals surface area contributed by atoms with Crippen LogP contribution in [0.15, 0.2) is 18.2 Å². The first kappa shape index (κ1) is 15.8. The molecule has 0 saturated heterocycles. The molecule has 0 bridgehead atoms. The molecule has 2 rings (SSSR count). The maximum absolute atomic E-state index is 12.4. The van der Waals surface area contributed by atoms with Crippen molar-refractivity contribution in [2.45, 2.75) is 32.1 Å². The Morgan fingerprint density at radius 3 is 2.67 bits per heavy atom. The fourth-order valence-electron chi connectivity index (χ4n) is 2.87. The van der Waals surface area contributed by atoms with E-state index in [0.717, 1.165) is 12.8 Å². The highest BCUT2D eigenvalue weighted by Crippen LogP contribution is 2.29. The Hall–Kier alpha value is -1.62. The summed E-state index contributed by atoms with van der Waals surface area (Å²) in [4.78, 5) is 24.4. The van der Waals surface area contributed by atoms with Crippen LogP contribution in [0.1, 0.15) is 42.5 Å². The Kier molecular flexibility index (Phi) is 5.17. The fourth-order valence-corrected chi connectivity index (χ4v) is 3.15. The van der Waals surface area contributed by atoms with Gasteiger partial charge in [0, 0.05) is 19.7 Å². The standard InChI is InChI=1S/C15H19ClN2O3/c1-17(10-11-6-3-2-4-7-11)15(19)12-8-5-9-13(14(12)16)18(20)21/h5,8-9,11H,2-4,6-7,10H2,1H3. The van der Waals surface area contributed by atoms with Crippen molar-refractivity contribution in [1.82, 2.24) is 4.90 Å². The summed E-state index contributed by atoms with van der Waals surface area (Å²) in [5.74, 6) is 0.263. The molecule has 0 aliphatic heterocycles. The number of carbonyl (C=O) groups is 1. The summed E-state index contributed by atoms with van der Waals surface area (Å²) in [6.45, 7) is 0.678. The summed E-state index contributed by atoms with van der Waals surface area (Å²) in [7, 11) is 1.73. The lowest BCUT2D eigenvalue weighted by Crippen LogP contribution is -2.32. The second kappa shape index (κ2) is 6.89. The van der Waals surface area contributed by atoms with Gasteiger partial charge in [-0.3, -0.25) is 14.9 Å². The number of nitro benzene ring substituents is 1. The number of benzene rings is 1. The summed E-state index contributed by atoms with van der Waals surface area (Å²) >= 11 is 6.00. The van der Waals surface area contributed by atoms with Crippen LogP contribution >= 0.6 is 11.6 Å². The van der Waals surface area contributed by atoms with Crippen LogP contribution < -0.4 is 0 Å². The van der Waals surface area contributed by atoms with E-state index in [0.29, 0.717) is 12.5 Å². The Morgan fingerprint density at radius 2 is 2.05 bits per heavy atom. The van der Waals surface area contributed by atoms with Crippen LogP contribution in [0.3, 0.4) is 0 Å². The lowest BCUT2D eigenvalue weighted by molar-refractivity contribution is -0.384. The maximum atomic E-state index is 12.4. The van der Waals surface area contributed by atoms with Gasteiger partial charge < -0.3 is 4.90 Å². The zero-order valence-corrected chi connectivity index (χ0v) is 12.8. The second-order valence-corrected chi connectivity index (χ2v) is 5.96. The van der Waals surface area contributed by atoms with E-state index >= 15 is 0 Å². The van der Waals surface area contributed by atoms with Crippen LogP contribution in [0.5, 0.6) is 0 Å². The summed E-state index contributed by atoms with van der Waals surface area (Å²) in [6.07, 6.45) is 5.97. The molecule has 0 spiro atoms. The topological polar surface area (TPSA) is 63.5 Å². The predicted molar refractivity (Wildman–Crippen MR) is 81.6 cm³/mol. The molecule has 5 nitrogen and oxygen atoms in total. The molecule has 1 aromatic carbocycles. The highest BCUT2D eigenvalue weighted by molar-refractivity contribution is 6.35. The molecule has 0 atom stereocenters. The first-order valence-electron chi connectivity index (χ1n) is 7.19. The Morgan fingerprint density at radius 1 is 1.38 bits per heavy atom. The fraction of sp³-hybridized carbons (Fsp3) is 0.533. The lowest BCUT2D eigenvalue weighted by Gasteiger charge is -2.27. The van der Waals surface area contributed by atoms with Crippen molar-refractivity contribution in [1.29, 1.82) is 0 Å².